The minimum Gasteiger partial charge on any atom is -0.378 e. The molecule has 1 aliphatic rings. The smallest absolute Gasteiger partial charge is 0.230 e. The van der Waals surface area contributed by atoms with E-state index in [0.717, 1.165) is 24.2 Å². The summed E-state index contributed by atoms with van der Waals surface area (Å²) in [6.45, 7) is 4.94. The standard InChI is InChI=1S/C14H15ClN4O/c1-10-4-2-3-5-11(10)12-16-13(15)18-14(17-12)19-6-8-20-9-7-19/h2-5H,6-9H2,1H3. The van der Waals surface area contributed by atoms with Crippen molar-refractivity contribution in [1.29, 1.82) is 0 Å². The van der Waals surface area contributed by atoms with Crippen LogP contribution in [-0.2, 0) is 4.74 Å². The van der Waals surface area contributed by atoms with Gasteiger partial charge >= 0.3 is 0 Å². The van der Waals surface area contributed by atoms with Gasteiger partial charge in [-0.1, -0.05) is 24.3 Å². The number of aromatic nitrogens is 3. The lowest BCUT2D eigenvalue weighted by Crippen LogP contribution is -2.37. The molecule has 1 saturated heterocycles. The van der Waals surface area contributed by atoms with Gasteiger partial charge in [-0.3, -0.25) is 0 Å². The molecule has 0 amide bonds. The van der Waals surface area contributed by atoms with Crippen LogP contribution in [0.1, 0.15) is 5.56 Å². The zero-order chi connectivity index (χ0) is 13.9. The van der Waals surface area contributed by atoms with E-state index in [0.29, 0.717) is 25.0 Å². The molecular formula is C14H15ClN4O. The molecule has 2 aromatic rings. The number of ether oxygens (including phenoxy) is 1. The summed E-state index contributed by atoms with van der Waals surface area (Å²) in [4.78, 5) is 15.1. The van der Waals surface area contributed by atoms with Crippen LogP contribution in [-0.4, -0.2) is 41.3 Å². The molecule has 1 aromatic heterocycles. The molecular weight excluding hydrogens is 276 g/mol. The Hall–Kier alpha value is -1.72. The van der Waals surface area contributed by atoms with Crippen LogP contribution in [0.15, 0.2) is 24.3 Å². The molecule has 0 spiro atoms. The van der Waals surface area contributed by atoms with Gasteiger partial charge in [0, 0.05) is 18.7 Å². The summed E-state index contributed by atoms with van der Waals surface area (Å²) in [6, 6.07) is 7.98. The van der Waals surface area contributed by atoms with Crippen molar-refractivity contribution in [2.75, 3.05) is 31.2 Å². The van der Waals surface area contributed by atoms with Crippen molar-refractivity contribution in [3.05, 3.63) is 35.1 Å². The summed E-state index contributed by atoms with van der Waals surface area (Å²) in [7, 11) is 0. The van der Waals surface area contributed by atoms with E-state index in [1.54, 1.807) is 0 Å². The van der Waals surface area contributed by atoms with E-state index in [1.165, 1.54) is 0 Å². The van der Waals surface area contributed by atoms with Gasteiger partial charge in [0.05, 0.1) is 13.2 Å². The van der Waals surface area contributed by atoms with Gasteiger partial charge in [0.1, 0.15) is 0 Å². The number of rotatable bonds is 2. The van der Waals surface area contributed by atoms with Crippen LogP contribution in [0.2, 0.25) is 5.28 Å². The summed E-state index contributed by atoms with van der Waals surface area (Å²) in [5.41, 5.74) is 2.09. The topological polar surface area (TPSA) is 51.1 Å². The average Bonchev–Trinajstić information content (AvgIpc) is 2.48. The molecule has 3 rings (SSSR count). The molecule has 1 aromatic carbocycles. The second-order valence-corrected chi connectivity index (χ2v) is 4.98. The summed E-state index contributed by atoms with van der Waals surface area (Å²) >= 11 is 6.05. The van der Waals surface area contributed by atoms with E-state index < -0.39 is 0 Å². The minimum absolute atomic E-state index is 0.222. The third kappa shape index (κ3) is 2.73. The minimum atomic E-state index is 0.222. The molecule has 0 atom stereocenters. The van der Waals surface area contributed by atoms with Gasteiger partial charge in [0.15, 0.2) is 5.82 Å². The van der Waals surface area contributed by atoms with E-state index >= 15 is 0 Å². The largest absolute Gasteiger partial charge is 0.378 e. The molecule has 0 aliphatic carbocycles. The second-order valence-electron chi connectivity index (χ2n) is 4.64. The third-order valence-corrected chi connectivity index (χ3v) is 3.45. The van der Waals surface area contributed by atoms with Crippen LogP contribution in [0.3, 0.4) is 0 Å². The zero-order valence-corrected chi connectivity index (χ0v) is 12.0. The number of benzene rings is 1. The Morgan fingerprint density at radius 3 is 2.60 bits per heavy atom. The van der Waals surface area contributed by atoms with Gasteiger partial charge in [-0.15, -0.1) is 0 Å². The Morgan fingerprint density at radius 2 is 1.85 bits per heavy atom. The highest BCUT2D eigenvalue weighted by molar-refractivity contribution is 6.28. The normalized spacial score (nSPS) is 15.4. The summed E-state index contributed by atoms with van der Waals surface area (Å²) in [5, 5.41) is 0.222. The maximum atomic E-state index is 6.05. The molecule has 0 bridgehead atoms. The lowest BCUT2D eigenvalue weighted by atomic mass is 10.1. The molecule has 0 unspecified atom stereocenters. The molecule has 104 valence electrons. The first-order chi connectivity index (χ1) is 9.74. The maximum Gasteiger partial charge on any atom is 0.230 e. The predicted molar refractivity (Wildman–Crippen MR) is 78.0 cm³/mol. The van der Waals surface area contributed by atoms with Crippen molar-refractivity contribution in [2.45, 2.75) is 6.92 Å². The van der Waals surface area contributed by atoms with Crippen LogP contribution in [0.4, 0.5) is 5.95 Å². The summed E-state index contributed by atoms with van der Waals surface area (Å²) in [6.07, 6.45) is 0. The van der Waals surface area contributed by atoms with Crippen molar-refractivity contribution in [1.82, 2.24) is 15.0 Å². The zero-order valence-electron chi connectivity index (χ0n) is 11.2. The second kappa shape index (κ2) is 5.73. The maximum absolute atomic E-state index is 6.05. The molecule has 20 heavy (non-hydrogen) atoms. The molecule has 0 N–H and O–H groups in total. The highest BCUT2D eigenvalue weighted by Crippen LogP contribution is 2.22. The summed E-state index contributed by atoms with van der Waals surface area (Å²) < 4.78 is 5.34. The van der Waals surface area contributed by atoms with E-state index in [2.05, 4.69) is 19.9 Å². The number of morpholine rings is 1. The SMILES string of the molecule is Cc1ccccc1-c1nc(Cl)nc(N2CCOCC2)n1. The van der Waals surface area contributed by atoms with Crippen LogP contribution in [0.25, 0.3) is 11.4 Å². The highest BCUT2D eigenvalue weighted by Gasteiger charge is 2.17. The Bertz CT molecular complexity index is 614. The van der Waals surface area contributed by atoms with Crippen LogP contribution in [0, 0.1) is 6.92 Å². The van der Waals surface area contributed by atoms with Crippen molar-refractivity contribution in [2.24, 2.45) is 0 Å². The molecule has 1 fully saturated rings. The molecule has 1 aliphatic heterocycles. The number of nitrogens with zero attached hydrogens (tertiary/aromatic N) is 4. The lowest BCUT2D eigenvalue weighted by molar-refractivity contribution is 0.122. The number of anilines is 1. The fourth-order valence-corrected chi connectivity index (χ4v) is 2.34. The molecule has 5 nitrogen and oxygen atoms in total. The first-order valence-corrected chi connectivity index (χ1v) is 6.92. The van der Waals surface area contributed by atoms with Crippen molar-refractivity contribution in [3.63, 3.8) is 0 Å². The molecule has 0 radical (unpaired) electrons. The lowest BCUT2D eigenvalue weighted by Gasteiger charge is -2.26. The molecule has 2 heterocycles. The van der Waals surface area contributed by atoms with E-state index in [4.69, 9.17) is 16.3 Å². The number of halogens is 1. The fourth-order valence-electron chi connectivity index (χ4n) is 2.19. The number of hydrogen-bond donors (Lipinski definition) is 0. The van der Waals surface area contributed by atoms with Crippen LogP contribution >= 0.6 is 11.6 Å². The van der Waals surface area contributed by atoms with Crippen molar-refractivity contribution < 1.29 is 4.74 Å². The van der Waals surface area contributed by atoms with E-state index in [-0.39, 0.29) is 5.28 Å². The van der Waals surface area contributed by atoms with Gasteiger partial charge < -0.3 is 9.64 Å². The first-order valence-electron chi connectivity index (χ1n) is 6.54. The first kappa shape index (κ1) is 13.3. The Labute approximate surface area is 122 Å². The van der Waals surface area contributed by atoms with E-state index in [1.807, 2.05) is 31.2 Å². The van der Waals surface area contributed by atoms with Crippen molar-refractivity contribution in [3.8, 4) is 11.4 Å². The number of hydrogen-bond acceptors (Lipinski definition) is 5. The van der Waals surface area contributed by atoms with E-state index in [9.17, 15) is 0 Å². The van der Waals surface area contributed by atoms with Gasteiger partial charge in [0.2, 0.25) is 11.2 Å². The van der Waals surface area contributed by atoms with Gasteiger partial charge in [-0.25, -0.2) is 0 Å². The molecule has 0 saturated carbocycles. The van der Waals surface area contributed by atoms with Crippen molar-refractivity contribution >= 4 is 17.5 Å². The van der Waals surface area contributed by atoms with Gasteiger partial charge in [-0.05, 0) is 24.1 Å². The Balaban J connectivity index is 2.00. The Morgan fingerprint density at radius 1 is 1.10 bits per heavy atom. The predicted octanol–water partition coefficient (Wildman–Crippen LogP) is 2.34. The van der Waals surface area contributed by atoms with Crippen LogP contribution < -0.4 is 4.90 Å². The monoisotopic (exact) mass is 290 g/mol. The molecule has 6 heteroatoms. The summed E-state index contributed by atoms with van der Waals surface area (Å²) in [5.74, 6) is 1.23. The Kier molecular flexibility index (Phi) is 3.80. The quantitative estimate of drug-likeness (QED) is 0.850. The van der Waals surface area contributed by atoms with Crippen LogP contribution in [0.5, 0.6) is 0 Å². The van der Waals surface area contributed by atoms with Gasteiger partial charge in [0.25, 0.3) is 0 Å². The third-order valence-electron chi connectivity index (χ3n) is 3.28. The number of aryl methyl sites for hydroxylation is 1. The fraction of sp³-hybridized carbons (Fsp3) is 0.357. The average molecular weight is 291 g/mol. The van der Waals surface area contributed by atoms with Gasteiger partial charge in [-0.2, -0.15) is 15.0 Å². The highest BCUT2D eigenvalue weighted by atomic mass is 35.5.